The Labute approximate surface area is 244 Å². The first-order valence-electron chi connectivity index (χ1n) is 11.7. The van der Waals surface area contributed by atoms with Gasteiger partial charge in [0, 0.05) is 21.8 Å². The van der Waals surface area contributed by atoms with Gasteiger partial charge in [-0.15, -0.1) is 11.8 Å². The third-order valence-corrected chi connectivity index (χ3v) is 7.92. The third-order valence-electron chi connectivity index (χ3n) is 5.36. The smallest absolute Gasteiger partial charge is 0.272 e. The molecule has 198 valence electrons. The van der Waals surface area contributed by atoms with Gasteiger partial charge in [-0.1, -0.05) is 41.4 Å². The van der Waals surface area contributed by atoms with Gasteiger partial charge in [0.2, 0.25) is 5.91 Å². The second kappa shape index (κ2) is 13.5. The van der Waals surface area contributed by atoms with Crippen molar-refractivity contribution in [1.82, 2.24) is 5.32 Å². The summed E-state index contributed by atoms with van der Waals surface area (Å²) in [5, 5.41) is 12.5. The van der Waals surface area contributed by atoms with Crippen molar-refractivity contribution in [2.24, 2.45) is 0 Å². The van der Waals surface area contributed by atoms with Gasteiger partial charge in [0.15, 0.2) is 0 Å². The Bertz CT molecular complexity index is 1490. The summed E-state index contributed by atoms with van der Waals surface area (Å²) in [6, 6.07) is 22.6. The minimum absolute atomic E-state index is 0.119. The van der Waals surface area contributed by atoms with Gasteiger partial charge in [-0.2, -0.15) is 11.3 Å². The summed E-state index contributed by atoms with van der Waals surface area (Å²) in [5.41, 5.74) is 2.47. The average Bonchev–Trinajstić information content (AvgIpc) is 3.45. The van der Waals surface area contributed by atoms with Crippen LogP contribution in [0.25, 0.3) is 6.08 Å². The zero-order chi connectivity index (χ0) is 27.8. The largest absolute Gasteiger partial charge is 0.325 e. The summed E-state index contributed by atoms with van der Waals surface area (Å²) < 4.78 is 0. The van der Waals surface area contributed by atoms with Crippen LogP contribution in [0.3, 0.4) is 0 Å². The molecule has 1 unspecified atom stereocenters. The number of hydrogen-bond donors (Lipinski definition) is 3. The van der Waals surface area contributed by atoms with Gasteiger partial charge >= 0.3 is 0 Å². The van der Waals surface area contributed by atoms with E-state index in [1.807, 2.05) is 35.0 Å². The minimum Gasteiger partial charge on any atom is -0.325 e. The first-order valence-corrected chi connectivity index (χ1v) is 14.3. The first-order chi connectivity index (χ1) is 18.8. The molecule has 39 heavy (non-hydrogen) atoms. The number of benzene rings is 3. The molecule has 0 saturated heterocycles. The van der Waals surface area contributed by atoms with E-state index >= 15 is 0 Å². The molecular formula is C29H23Cl2N3O3S2. The molecule has 6 nitrogen and oxygen atoms in total. The molecule has 0 spiro atoms. The number of hydrogen-bond acceptors (Lipinski definition) is 5. The minimum atomic E-state index is -0.458. The number of rotatable bonds is 9. The lowest BCUT2D eigenvalue weighted by Gasteiger charge is -2.14. The topological polar surface area (TPSA) is 87.3 Å². The standard InChI is InChI=1S/C29H23Cl2N3O3S2/c1-18(27(35)33-22-9-12-24(30)25(31)16-22)39-23-10-7-21(8-11-23)32-29(37)26(15-19-13-14-38-17-19)34-28(36)20-5-3-2-4-6-20/h2-18H,1H3,(H,32,37)(H,33,35)(H,34,36)/b26-15-. The van der Waals surface area contributed by atoms with Crippen LogP contribution in [0.2, 0.25) is 10.0 Å². The van der Waals surface area contributed by atoms with Crippen molar-refractivity contribution in [1.29, 1.82) is 0 Å². The maximum absolute atomic E-state index is 13.1. The van der Waals surface area contributed by atoms with Gasteiger partial charge in [-0.05, 0) is 90.0 Å². The van der Waals surface area contributed by atoms with Crippen LogP contribution in [-0.2, 0) is 9.59 Å². The van der Waals surface area contributed by atoms with Gasteiger partial charge in [0.25, 0.3) is 11.8 Å². The number of amides is 3. The predicted octanol–water partition coefficient (Wildman–Crippen LogP) is 7.58. The fourth-order valence-electron chi connectivity index (χ4n) is 3.36. The van der Waals surface area contributed by atoms with Crippen LogP contribution in [0.1, 0.15) is 22.8 Å². The molecule has 10 heteroatoms. The van der Waals surface area contributed by atoms with Crippen molar-refractivity contribution in [2.45, 2.75) is 17.1 Å². The number of anilines is 2. The molecule has 1 heterocycles. The Morgan fingerprint density at radius 3 is 2.26 bits per heavy atom. The summed E-state index contributed by atoms with van der Waals surface area (Å²) in [4.78, 5) is 39.3. The molecule has 3 aromatic carbocycles. The number of carbonyl (C=O) groups excluding carboxylic acids is 3. The molecule has 0 bridgehead atoms. The summed E-state index contributed by atoms with van der Waals surface area (Å²) in [6.07, 6.45) is 1.63. The molecule has 4 aromatic rings. The molecule has 0 aliphatic heterocycles. The van der Waals surface area contributed by atoms with Gasteiger partial charge in [-0.25, -0.2) is 0 Å². The quantitative estimate of drug-likeness (QED) is 0.137. The molecule has 0 radical (unpaired) electrons. The number of nitrogens with one attached hydrogen (secondary N) is 3. The van der Waals surface area contributed by atoms with E-state index in [2.05, 4.69) is 16.0 Å². The van der Waals surface area contributed by atoms with Crippen molar-refractivity contribution in [3.8, 4) is 0 Å². The third kappa shape index (κ3) is 8.21. The zero-order valence-electron chi connectivity index (χ0n) is 20.6. The van der Waals surface area contributed by atoms with E-state index in [-0.39, 0.29) is 17.5 Å². The van der Waals surface area contributed by atoms with E-state index in [0.717, 1.165) is 10.5 Å². The van der Waals surface area contributed by atoms with E-state index in [1.54, 1.807) is 67.6 Å². The van der Waals surface area contributed by atoms with Crippen LogP contribution < -0.4 is 16.0 Å². The molecule has 0 saturated carbocycles. The SMILES string of the molecule is CC(Sc1ccc(NC(=O)/C(=C/c2ccsc2)NC(=O)c2ccccc2)cc1)C(=O)Nc1ccc(Cl)c(Cl)c1. The van der Waals surface area contributed by atoms with E-state index in [0.29, 0.717) is 27.0 Å². The predicted molar refractivity (Wildman–Crippen MR) is 162 cm³/mol. The Kier molecular flexibility index (Phi) is 9.84. The summed E-state index contributed by atoms with van der Waals surface area (Å²) >= 11 is 14.8. The maximum atomic E-state index is 13.1. The second-order valence-electron chi connectivity index (χ2n) is 8.29. The molecular weight excluding hydrogens is 573 g/mol. The molecule has 1 atom stereocenters. The highest BCUT2D eigenvalue weighted by Crippen LogP contribution is 2.28. The number of thioether (sulfide) groups is 1. The fourth-order valence-corrected chi connectivity index (χ4v) is 5.14. The molecule has 3 amide bonds. The number of carbonyl (C=O) groups is 3. The van der Waals surface area contributed by atoms with Crippen molar-refractivity contribution in [3.05, 3.63) is 116 Å². The molecule has 4 rings (SSSR count). The monoisotopic (exact) mass is 595 g/mol. The van der Waals surface area contributed by atoms with E-state index in [4.69, 9.17) is 23.2 Å². The lowest BCUT2D eigenvalue weighted by atomic mass is 10.2. The van der Waals surface area contributed by atoms with Crippen LogP contribution >= 0.6 is 46.3 Å². The molecule has 0 aliphatic rings. The van der Waals surface area contributed by atoms with Gasteiger partial charge in [0.05, 0.1) is 15.3 Å². The van der Waals surface area contributed by atoms with Crippen molar-refractivity contribution >= 4 is 81.5 Å². The second-order valence-corrected chi connectivity index (χ2v) is 11.3. The highest BCUT2D eigenvalue weighted by molar-refractivity contribution is 8.00. The van der Waals surface area contributed by atoms with E-state index in [1.165, 1.54) is 23.1 Å². The lowest BCUT2D eigenvalue weighted by molar-refractivity contribution is -0.115. The van der Waals surface area contributed by atoms with Crippen LogP contribution in [0.5, 0.6) is 0 Å². The van der Waals surface area contributed by atoms with E-state index < -0.39 is 11.2 Å². The fraction of sp³-hybridized carbons (Fsp3) is 0.0690. The molecule has 3 N–H and O–H groups in total. The number of thiophene rings is 1. The molecule has 1 aromatic heterocycles. The zero-order valence-corrected chi connectivity index (χ0v) is 23.8. The Balaban J connectivity index is 1.39. The summed E-state index contributed by atoms with van der Waals surface area (Å²) in [5.74, 6) is -1.03. The van der Waals surface area contributed by atoms with Gasteiger partial charge in [-0.3, -0.25) is 14.4 Å². The maximum Gasteiger partial charge on any atom is 0.272 e. The Morgan fingerprint density at radius 1 is 0.872 bits per heavy atom. The highest BCUT2D eigenvalue weighted by Gasteiger charge is 2.17. The summed E-state index contributed by atoms with van der Waals surface area (Å²) in [7, 11) is 0. The van der Waals surface area contributed by atoms with Crippen LogP contribution in [0, 0.1) is 0 Å². The van der Waals surface area contributed by atoms with Crippen LogP contribution in [0.15, 0.2) is 100 Å². The summed E-state index contributed by atoms with van der Waals surface area (Å²) in [6.45, 7) is 1.80. The molecule has 0 aliphatic carbocycles. The van der Waals surface area contributed by atoms with Gasteiger partial charge in [0.1, 0.15) is 5.70 Å². The lowest BCUT2D eigenvalue weighted by Crippen LogP contribution is -2.30. The first kappa shape index (κ1) is 28.4. The Morgan fingerprint density at radius 2 is 1.59 bits per heavy atom. The van der Waals surface area contributed by atoms with Crippen molar-refractivity contribution in [2.75, 3.05) is 10.6 Å². The van der Waals surface area contributed by atoms with Crippen LogP contribution in [-0.4, -0.2) is 23.0 Å². The molecule has 0 fully saturated rings. The van der Waals surface area contributed by atoms with Gasteiger partial charge < -0.3 is 16.0 Å². The van der Waals surface area contributed by atoms with Crippen LogP contribution in [0.4, 0.5) is 11.4 Å². The highest BCUT2D eigenvalue weighted by atomic mass is 35.5. The number of halogens is 2. The Hall–Kier alpha value is -3.56. The van der Waals surface area contributed by atoms with E-state index in [9.17, 15) is 14.4 Å². The average molecular weight is 597 g/mol. The van der Waals surface area contributed by atoms with Crippen molar-refractivity contribution < 1.29 is 14.4 Å². The van der Waals surface area contributed by atoms with Crippen molar-refractivity contribution in [3.63, 3.8) is 0 Å². The normalized spacial score (nSPS) is 11.9.